The summed E-state index contributed by atoms with van der Waals surface area (Å²) in [6.07, 6.45) is 2.30. The molecule has 0 saturated carbocycles. The van der Waals surface area contributed by atoms with Crippen molar-refractivity contribution in [1.82, 2.24) is 16.2 Å². The van der Waals surface area contributed by atoms with Crippen LogP contribution in [0, 0.1) is 0 Å². The Morgan fingerprint density at radius 2 is 2.20 bits per heavy atom. The Morgan fingerprint density at radius 3 is 2.90 bits per heavy atom. The summed E-state index contributed by atoms with van der Waals surface area (Å²) in [5.74, 6) is -0.336. The molecule has 1 saturated heterocycles. The van der Waals surface area contributed by atoms with E-state index in [-0.39, 0.29) is 12.0 Å². The third kappa shape index (κ3) is 4.33. The van der Waals surface area contributed by atoms with Crippen molar-refractivity contribution in [3.8, 4) is 0 Å². The number of carbonyl (C=O) groups excluding carboxylic acids is 1. The Labute approximate surface area is 128 Å². The second-order valence-corrected chi connectivity index (χ2v) is 5.22. The van der Waals surface area contributed by atoms with Gasteiger partial charge in [0.2, 0.25) is 0 Å². The van der Waals surface area contributed by atoms with Crippen LogP contribution in [0.4, 0.5) is 0 Å². The number of carbonyl (C=O) groups is 1. The van der Waals surface area contributed by atoms with Crippen LogP contribution in [0.3, 0.4) is 0 Å². The molecule has 2 rings (SSSR count). The Hall–Kier alpha value is -1.37. The van der Waals surface area contributed by atoms with Crippen molar-refractivity contribution in [2.75, 3.05) is 13.2 Å². The maximum Gasteiger partial charge on any atom is 0.271 e. The van der Waals surface area contributed by atoms with Crippen molar-refractivity contribution in [3.05, 3.63) is 34.9 Å². The fourth-order valence-electron chi connectivity index (χ4n) is 1.88. The lowest BCUT2D eigenvalue weighted by molar-refractivity contribution is 0.0943. The van der Waals surface area contributed by atoms with Gasteiger partial charge in [0.15, 0.2) is 5.11 Å². The van der Waals surface area contributed by atoms with Gasteiger partial charge in [0, 0.05) is 13.2 Å². The maximum atomic E-state index is 11.9. The molecule has 0 unspecified atom stereocenters. The summed E-state index contributed by atoms with van der Waals surface area (Å²) in [5, 5.41) is 3.74. The molecule has 1 aromatic rings. The summed E-state index contributed by atoms with van der Waals surface area (Å²) in [4.78, 5) is 11.9. The zero-order valence-electron chi connectivity index (χ0n) is 10.8. The lowest BCUT2D eigenvalue weighted by atomic mass is 10.2. The van der Waals surface area contributed by atoms with Gasteiger partial charge in [0.05, 0.1) is 16.7 Å². The van der Waals surface area contributed by atoms with Gasteiger partial charge < -0.3 is 10.1 Å². The van der Waals surface area contributed by atoms with Crippen molar-refractivity contribution in [2.24, 2.45) is 0 Å². The highest BCUT2D eigenvalue weighted by Crippen LogP contribution is 2.14. The van der Waals surface area contributed by atoms with Crippen molar-refractivity contribution < 1.29 is 9.53 Å². The van der Waals surface area contributed by atoms with Gasteiger partial charge in [-0.3, -0.25) is 15.6 Å². The highest BCUT2D eigenvalue weighted by Gasteiger charge is 2.15. The standard InChI is InChI=1S/C13H16ClN3O2S/c14-11-6-2-1-5-10(11)12(18)16-17-13(20)15-8-9-4-3-7-19-9/h1-2,5-6,9H,3-4,7-8H2,(H,16,18)(H2,15,17,20)/t9-/m0/s1. The van der Waals surface area contributed by atoms with Gasteiger partial charge in [-0.2, -0.15) is 0 Å². The van der Waals surface area contributed by atoms with E-state index < -0.39 is 0 Å². The van der Waals surface area contributed by atoms with Crippen LogP contribution in [-0.2, 0) is 4.74 Å². The topological polar surface area (TPSA) is 62.4 Å². The number of benzene rings is 1. The van der Waals surface area contributed by atoms with E-state index in [4.69, 9.17) is 28.6 Å². The van der Waals surface area contributed by atoms with Gasteiger partial charge in [-0.25, -0.2) is 0 Å². The first-order valence-corrected chi connectivity index (χ1v) is 7.16. The molecule has 3 N–H and O–H groups in total. The van der Waals surface area contributed by atoms with E-state index in [9.17, 15) is 4.79 Å². The van der Waals surface area contributed by atoms with Gasteiger partial charge in [-0.05, 0) is 37.2 Å². The van der Waals surface area contributed by atoms with Crippen LogP contribution in [0.1, 0.15) is 23.2 Å². The van der Waals surface area contributed by atoms with Crippen LogP contribution in [0.15, 0.2) is 24.3 Å². The first kappa shape index (κ1) is 15.0. The van der Waals surface area contributed by atoms with Gasteiger partial charge in [0.25, 0.3) is 5.91 Å². The number of thiocarbonyl (C=S) groups is 1. The first-order chi connectivity index (χ1) is 9.66. The van der Waals surface area contributed by atoms with Gasteiger partial charge in [-0.1, -0.05) is 23.7 Å². The van der Waals surface area contributed by atoms with Crippen LogP contribution in [0.2, 0.25) is 5.02 Å². The minimum Gasteiger partial charge on any atom is -0.376 e. The Morgan fingerprint density at radius 1 is 1.40 bits per heavy atom. The minimum absolute atomic E-state index is 0.189. The molecule has 20 heavy (non-hydrogen) atoms. The van der Waals surface area contributed by atoms with Crippen molar-refractivity contribution in [3.63, 3.8) is 0 Å². The summed E-state index contributed by atoms with van der Waals surface area (Å²) >= 11 is 11.0. The fraction of sp³-hybridized carbons (Fsp3) is 0.385. The number of hydrogen-bond donors (Lipinski definition) is 3. The molecule has 108 valence electrons. The smallest absolute Gasteiger partial charge is 0.271 e. The zero-order chi connectivity index (χ0) is 14.4. The number of halogens is 1. The largest absolute Gasteiger partial charge is 0.376 e. The van der Waals surface area contributed by atoms with Gasteiger partial charge in [0.1, 0.15) is 0 Å². The van der Waals surface area contributed by atoms with E-state index in [0.29, 0.717) is 22.2 Å². The Kier molecular flexibility index (Phi) is 5.58. The molecule has 0 aromatic heterocycles. The molecule has 0 bridgehead atoms. The van der Waals surface area contributed by atoms with Crippen molar-refractivity contribution in [2.45, 2.75) is 18.9 Å². The summed E-state index contributed by atoms with van der Waals surface area (Å²) in [7, 11) is 0. The van der Waals surface area contributed by atoms with Crippen molar-refractivity contribution in [1.29, 1.82) is 0 Å². The van der Waals surface area contributed by atoms with Gasteiger partial charge >= 0.3 is 0 Å². The lowest BCUT2D eigenvalue weighted by Gasteiger charge is -2.14. The lowest BCUT2D eigenvalue weighted by Crippen LogP contribution is -2.48. The molecule has 1 atom stereocenters. The molecule has 7 heteroatoms. The summed E-state index contributed by atoms with van der Waals surface area (Å²) in [6, 6.07) is 6.81. The number of rotatable bonds is 3. The number of amides is 1. The molecule has 1 heterocycles. The maximum absolute atomic E-state index is 11.9. The molecule has 5 nitrogen and oxygen atoms in total. The van der Waals surface area contributed by atoms with Crippen LogP contribution in [-0.4, -0.2) is 30.3 Å². The molecular weight excluding hydrogens is 298 g/mol. The molecule has 0 spiro atoms. The quantitative estimate of drug-likeness (QED) is 0.585. The molecule has 1 amide bonds. The molecule has 1 fully saturated rings. The van der Waals surface area contributed by atoms with Crippen LogP contribution in [0.25, 0.3) is 0 Å². The average molecular weight is 314 g/mol. The van der Waals surface area contributed by atoms with E-state index in [1.165, 1.54) is 0 Å². The number of hydrazine groups is 1. The summed E-state index contributed by atoms with van der Waals surface area (Å²) < 4.78 is 5.46. The molecule has 0 radical (unpaired) electrons. The summed E-state index contributed by atoms with van der Waals surface area (Å²) in [5.41, 5.74) is 5.53. The number of hydrogen-bond acceptors (Lipinski definition) is 3. The Bertz CT molecular complexity index is 492. The normalized spacial score (nSPS) is 17.6. The predicted octanol–water partition coefficient (Wildman–Crippen LogP) is 1.63. The third-order valence-corrected chi connectivity index (χ3v) is 3.50. The Balaban J connectivity index is 1.72. The van der Waals surface area contributed by atoms with Gasteiger partial charge in [-0.15, -0.1) is 0 Å². The van der Waals surface area contributed by atoms with E-state index >= 15 is 0 Å². The minimum atomic E-state index is -0.336. The SMILES string of the molecule is O=C(NNC(=S)NC[C@@H]1CCCO1)c1ccccc1Cl. The van der Waals surface area contributed by atoms with E-state index in [0.717, 1.165) is 19.4 Å². The second kappa shape index (κ2) is 7.42. The highest BCUT2D eigenvalue weighted by molar-refractivity contribution is 7.80. The van der Waals surface area contributed by atoms with Crippen LogP contribution >= 0.6 is 23.8 Å². The van der Waals surface area contributed by atoms with E-state index in [1.54, 1.807) is 24.3 Å². The molecule has 1 aromatic carbocycles. The van der Waals surface area contributed by atoms with E-state index in [2.05, 4.69) is 16.2 Å². The number of nitrogens with one attached hydrogen (secondary N) is 3. The zero-order valence-corrected chi connectivity index (χ0v) is 12.4. The average Bonchev–Trinajstić information content (AvgIpc) is 2.96. The monoisotopic (exact) mass is 313 g/mol. The first-order valence-electron chi connectivity index (χ1n) is 6.37. The van der Waals surface area contributed by atoms with E-state index in [1.807, 2.05) is 0 Å². The molecule has 0 aliphatic carbocycles. The third-order valence-electron chi connectivity index (χ3n) is 2.92. The second-order valence-electron chi connectivity index (χ2n) is 4.40. The number of ether oxygens (including phenoxy) is 1. The van der Waals surface area contributed by atoms with Crippen LogP contribution < -0.4 is 16.2 Å². The van der Waals surface area contributed by atoms with Crippen molar-refractivity contribution >= 4 is 34.8 Å². The molecular formula is C13H16ClN3O2S. The fourth-order valence-corrected chi connectivity index (χ4v) is 2.24. The highest BCUT2D eigenvalue weighted by atomic mass is 35.5. The predicted molar refractivity (Wildman–Crippen MR) is 81.6 cm³/mol. The summed E-state index contributed by atoms with van der Waals surface area (Å²) in [6.45, 7) is 1.43. The molecule has 1 aliphatic rings. The molecule has 1 aliphatic heterocycles. The van der Waals surface area contributed by atoms with Crippen LogP contribution in [0.5, 0.6) is 0 Å².